The number of alkyl carbamates (subject to hydrolysis) is 1. The first-order chi connectivity index (χ1) is 19.4. The van der Waals surface area contributed by atoms with E-state index in [0.29, 0.717) is 11.3 Å². The van der Waals surface area contributed by atoms with Gasteiger partial charge in [0, 0.05) is 24.0 Å². The quantitative estimate of drug-likeness (QED) is 0.246. The van der Waals surface area contributed by atoms with Gasteiger partial charge < -0.3 is 15.4 Å². The Morgan fingerprint density at radius 1 is 0.805 bits per heavy atom. The smallest absolute Gasteiger partial charge is 0.418 e. The minimum Gasteiger partial charge on any atom is -0.444 e. The maximum absolute atomic E-state index is 13.8. The molecule has 6 nitrogen and oxygen atoms in total. The largest absolute Gasteiger partial charge is 0.444 e. The fraction of sp³-hybridized carbons (Fsp3) is 0.219. The summed E-state index contributed by atoms with van der Waals surface area (Å²) in [7, 11) is 0. The van der Waals surface area contributed by atoms with Crippen LogP contribution in [-0.4, -0.2) is 28.6 Å². The van der Waals surface area contributed by atoms with E-state index in [4.69, 9.17) is 4.74 Å². The zero-order valence-corrected chi connectivity index (χ0v) is 22.8. The normalized spacial score (nSPS) is 12.5. The van der Waals surface area contributed by atoms with Crippen molar-refractivity contribution >= 4 is 17.7 Å². The zero-order chi connectivity index (χ0) is 29.6. The lowest BCUT2D eigenvalue weighted by atomic mass is 9.84. The number of pyridine rings is 1. The van der Waals surface area contributed by atoms with Crippen molar-refractivity contribution in [2.24, 2.45) is 0 Å². The highest BCUT2D eigenvalue weighted by Gasteiger charge is 2.35. The van der Waals surface area contributed by atoms with E-state index in [2.05, 4.69) is 15.6 Å². The van der Waals surface area contributed by atoms with Gasteiger partial charge in [0.1, 0.15) is 11.6 Å². The molecule has 2 N–H and O–H groups in total. The molecular weight excluding hydrogens is 531 g/mol. The first kappa shape index (κ1) is 29.3. The maximum atomic E-state index is 13.8. The van der Waals surface area contributed by atoms with Crippen molar-refractivity contribution in [3.05, 3.63) is 120 Å². The Balaban J connectivity index is 1.67. The van der Waals surface area contributed by atoms with Crippen LogP contribution >= 0.6 is 0 Å². The lowest BCUT2D eigenvalue weighted by molar-refractivity contribution is -0.137. The van der Waals surface area contributed by atoms with E-state index < -0.39 is 41.3 Å². The lowest BCUT2D eigenvalue weighted by Crippen LogP contribution is -2.49. The molecular formula is C32H30F3N3O3. The summed E-state index contributed by atoms with van der Waals surface area (Å²) in [5.41, 5.74) is 0.572. The number of carbonyl (C=O) groups excluding carboxylic acids is 2. The van der Waals surface area contributed by atoms with Gasteiger partial charge in [-0.1, -0.05) is 72.8 Å². The van der Waals surface area contributed by atoms with Crippen LogP contribution in [0.1, 0.15) is 43.4 Å². The molecule has 0 saturated heterocycles. The van der Waals surface area contributed by atoms with Crippen molar-refractivity contribution in [1.82, 2.24) is 10.3 Å². The number of aromatic nitrogens is 1. The van der Waals surface area contributed by atoms with Gasteiger partial charge in [-0.3, -0.25) is 9.78 Å². The topological polar surface area (TPSA) is 80.3 Å². The van der Waals surface area contributed by atoms with Crippen molar-refractivity contribution < 1.29 is 27.5 Å². The molecule has 0 aliphatic carbocycles. The Hall–Kier alpha value is -4.66. The highest BCUT2D eigenvalue weighted by Crippen LogP contribution is 2.37. The Labute approximate surface area is 236 Å². The molecule has 0 aliphatic rings. The number of benzene rings is 3. The molecule has 1 heterocycles. The van der Waals surface area contributed by atoms with E-state index in [9.17, 15) is 22.8 Å². The molecule has 0 unspecified atom stereocenters. The summed E-state index contributed by atoms with van der Waals surface area (Å²) in [6.07, 6.45) is -3.26. The number of alkyl halides is 3. The summed E-state index contributed by atoms with van der Waals surface area (Å²) in [6, 6.07) is 24.8. The Bertz CT molecular complexity index is 1430. The standard InChI is InChI=1S/C32H30F3N3O3/c1-31(2,3)41-30(40)38-28(27(22-10-6-4-7-11-22)23-12-8-5-9-13-23)29(39)37-24-16-14-21(15-17-24)25-18-19-36-20-26(25)32(33,34)35/h4-20,27-28H,1-3H3,(H,37,39)(H,38,40)/t28-/m0/s1. The number of ether oxygens (including phenoxy) is 1. The van der Waals surface area contributed by atoms with Gasteiger partial charge in [0.05, 0.1) is 5.56 Å². The van der Waals surface area contributed by atoms with Crippen LogP contribution in [0.15, 0.2) is 103 Å². The second kappa shape index (κ2) is 12.2. The number of amides is 2. The van der Waals surface area contributed by atoms with E-state index in [1.165, 1.54) is 36.5 Å². The molecule has 0 fully saturated rings. The predicted octanol–water partition coefficient (Wildman–Crippen LogP) is 7.43. The number of nitrogens with one attached hydrogen (secondary N) is 2. The minimum atomic E-state index is -4.57. The molecule has 0 bridgehead atoms. The average Bonchev–Trinajstić information content (AvgIpc) is 2.93. The number of nitrogens with zero attached hydrogens (tertiary/aromatic N) is 1. The monoisotopic (exact) mass is 561 g/mol. The summed E-state index contributed by atoms with van der Waals surface area (Å²) in [5, 5.41) is 5.56. The number of halogens is 3. The summed E-state index contributed by atoms with van der Waals surface area (Å²) in [4.78, 5) is 30.3. The lowest BCUT2D eigenvalue weighted by Gasteiger charge is -2.29. The molecule has 9 heteroatoms. The Morgan fingerprint density at radius 2 is 1.37 bits per heavy atom. The zero-order valence-electron chi connectivity index (χ0n) is 22.8. The van der Waals surface area contributed by atoms with Crippen LogP contribution in [0.25, 0.3) is 11.1 Å². The Morgan fingerprint density at radius 3 is 1.88 bits per heavy atom. The molecule has 41 heavy (non-hydrogen) atoms. The number of carbonyl (C=O) groups is 2. The fourth-order valence-corrected chi connectivity index (χ4v) is 4.46. The third-order valence-electron chi connectivity index (χ3n) is 6.20. The van der Waals surface area contributed by atoms with Crippen molar-refractivity contribution in [3.63, 3.8) is 0 Å². The van der Waals surface area contributed by atoms with Crippen LogP contribution in [0.5, 0.6) is 0 Å². The highest BCUT2D eigenvalue weighted by molar-refractivity contribution is 5.98. The van der Waals surface area contributed by atoms with Crippen LogP contribution in [0, 0.1) is 0 Å². The molecule has 4 rings (SSSR count). The van der Waals surface area contributed by atoms with E-state index >= 15 is 0 Å². The average molecular weight is 562 g/mol. The number of anilines is 1. The molecule has 0 spiro atoms. The maximum Gasteiger partial charge on any atom is 0.418 e. The van der Waals surface area contributed by atoms with Crippen LogP contribution in [0.2, 0.25) is 0 Å². The van der Waals surface area contributed by atoms with Gasteiger partial charge >= 0.3 is 12.3 Å². The van der Waals surface area contributed by atoms with Crippen molar-refractivity contribution in [3.8, 4) is 11.1 Å². The summed E-state index contributed by atoms with van der Waals surface area (Å²) in [5.74, 6) is -1.10. The SMILES string of the molecule is CC(C)(C)OC(=O)N[C@H](C(=O)Nc1ccc(-c2ccncc2C(F)(F)F)cc1)C(c1ccccc1)c1ccccc1. The third kappa shape index (κ3) is 7.72. The van der Waals surface area contributed by atoms with E-state index in [1.54, 1.807) is 20.8 Å². The van der Waals surface area contributed by atoms with Crippen molar-refractivity contribution in [1.29, 1.82) is 0 Å². The molecule has 2 amide bonds. The predicted molar refractivity (Wildman–Crippen MR) is 151 cm³/mol. The van der Waals surface area contributed by atoms with Gasteiger partial charge in [0.2, 0.25) is 5.91 Å². The second-order valence-electron chi connectivity index (χ2n) is 10.4. The van der Waals surface area contributed by atoms with Gasteiger partial charge in [-0.05, 0) is 61.2 Å². The van der Waals surface area contributed by atoms with Crippen molar-refractivity contribution in [2.45, 2.75) is 44.5 Å². The van der Waals surface area contributed by atoms with E-state index in [-0.39, 0.29) is 5.56 Å². The van der Waals surface area contributed by atoms with Crippen LogP contribution in [0.4, 0.5) is 23.7 Å². The Kier molecular flexibility index (Phi) is 8.76. The van der Waals surface area contributed by atoms with Crippen molar-refractivity contribution in [2.75, 3.05) is 5.32 Å². The molecule has 3 aromatic carbocycles. The molecule has 0 saturated carbocycles. The van der Waals surface area contributed by atoms with E-state index in [1.807, 2.05) is 60.7 Å². The fourth-order valence-electron chi connectivity index (χ4n) is 4.46. The molecule has 4 aromatic rings. The van der Waals surface area contributed by atoms with Gasteiger partial charge in [0.15, 0.2) is 0 Å². The molecule has 1 aromatic heterocycles. The molecule has 212 valence electrons. The molecule has 1 atom stereocenters. The van der Waals surface area contributed by atoms with Crippen LogP contribution in [0.3, 0.4) is 0 Å². The summed E-state index contributed by atoms with van der Waals surface area (Å²) >= 11 is 0. The first-order valence-electron chi connectivity index (χ1n) is 12.9. The highest BCUT2D eigenvalue weighted by atomic mass is 19.4. The minimum absolute atomic E-state index is 0.0249. The van der Waals surface area contributed by atoms with Crippen LogP contribution < -0.4 is 10.6 Å². The first-order valence-corrected chi connectivity index (χ1v) is 12.9. The van der Waals surface area contributed by atoms with Gasteiger partial charge in [-0.25, -0.2) is 4.79 Å². The van der Waals surface area contributed by atoms with Crippen LogP contribution in [-0.2, 0) is 15.7 Å². The summed E-state index contributed by atoms with van der Waals surface area (Å²) < 4.78 is 46.0. The second-order valence-corrected chi connectivity index (χ2v) is 10.4. The third-order valence-corrected chi connectivity index (χ3v) is 6.20. The van der Waals surface area contributed by atoms with E-state index in [0.717, 1.165) is 17.3 Å². The van der Waals surface area contributed by atoms with Gasteiger partial charge in [-0.15, -0.1) is 0 Å². The molecule has 0 aliphatic heterocycles. The molecule has 0 radical (unpaired) electrons. The number of rotatable bonds is 7. The number of hydrogen-bond acceptors (Lipinski definition) is 4. The number of hydrogen-bond donors (Lipinski definition) is 2. The van der Waals surface area contributed by atoms with Gasteiger partial charge in [-0.2, -0.15) is 13.2 Å². The van der Waals surface area contributed by atoms with Gasteiger partial charge in [0.25, 0.3) is 0 Å². The summed E-state index contributed by atoms with van der Waals surface area (Å²) in [6.45, 7) is 5.17.